The first-order valence-corrected chi connectivity index (χ1v) is 19.2. The largest absolute Gasteiger partial charge is 1.00 e. The number of esters is 2. The van der Waals surface area contributed by atoms with E-state index in [0.29, 0.717) is 46.6 Å². The van der Waals surface area contributed by atoms with Crippen molar-refractivity contribution in [2.24, 2.45) is 0 Å². The van der Waals surface area contributed by atoms with Gasteiger partial charge in [0.25, 0.3) is 0 Å². The Morgan fingerprint density at radius 3 is 1.53 bits per heavy atom. The van der Waals surface area contributed by atoms with Crippen LogP contribution in [0.1, 0.15) is 112 Å². The van der Waals surface area contributed by atoms with Crippen molar-refractivity contribution < 1.29 is 83.1 Å². The molecule has 2 N–H and O–H groups in total. The number of carbonyl (C=O) groups excluding carboxylic acids is 6. The van der Waals surface area contributed by atoms with E-state index in [1.165, 1.54) is 45.3 Å². The second-order valence-corrected chi connectivity index (χ2v) is 17.2. The number of hydrogen-bond donors (Lipinski definition) is 1. The molecule has 4 aromatic heterocycles. The van der Waals surface area contributed by atoms with Gasteiger partial charge >= 0.3 is 41.5 Å². The number of thiophene rings is 4. The summed E-state index contributed by atoms with van der Waals surface area (Å²) in [5.74, 6) is -1.11. The van der Waals surface area contributed by atoms with Crippen LogP contribution in [0.25, 0.3) is 0 Å². The number of aliphatic hydroxyl groups excluding tert-OH is 1. The van der Waals surface area contributed by atoms with Crippen LogP contribution in [0.15, 0.2) is 35.0 Å². The number of aliphatic hydroxyl groups is 1. The Hall–Kier alpha value is -2.22. The van der Waals surface area contributed by atoms with Crippen molar-refractivity contribution in [1.82, 2.24) is 0 Å². The van der Waals surface area contributed by atoms with E-state index in [0.717, 1.165) is 4.88 Å². The Bertz CT molecular complexity index is 1830. The molecular formula is C34H34BrNaO11S4. The number of ether oxygens (including phenoxy) is 3. The molecule has 0 saturated carbocycles. The molecule has 0 radical (unpaired) electrons. The van der Waals surface area contributed by atoms with Crippen molar-refractivity contribution in [2.75, 3.05) is 11.9 Å². The monoisotopic (exact) mass is 848 g/mol. The van der Waals surface area contributed by atoms with Gasteiger partial charge in [-0.3, -0.25) is 24.0 Å². The topological polar surface area (TPSA) is 180 Å². The third-order valence-electron chi connectivity index (χ3n) is 6.27. The first-order valence-electron chi connectivity index (χ1n) is 14.7. The maximum Gasteiger partial charge on any atom is 1.00 e. The van der Waals surface area contributed by atoms with Crippen LogP contribution in [0.3, 0.4) is 0 Å². The summed E-state index contributed by atoms with van der Waals surface area (Å²) in [5, 5.41) is 12.8. The molecule has 0 aliphatic heterocycles. The average molecular weight is 850 g/mol. The smallest absolute Gasteiger partial charge is 0.870 e. The quantitative estimate of drug-likeness (QED) is 0.145. The SMILES string of the molecule is CC(C)(C)OC(=O)CBr.CC(C)(C)OC(=O)COCc1cc2c(s1)C(=O)c1sccc1C2=O.O=C1c2ccsc2C(=O)c2sc(CO)cc21.[Na+].[OH-]. The van der Waals surface area contributed by atoms with E-state index in [9.17, 15) is 28.8 Å². The van der Waals surface area contributed by atoms with Crippen molar-refractivity contribution in [1.29, 1.82) is 0 Å². The Labute approximate surface area is 341 Å². The molecule has 4 aromatic rings. The first kappa shape index (κ1) is 44.9. The summed E-state index contributed by atoms with van der Waals surface area (Å²) in [6, 6.07) is 6.65. The van der Waals surface area contributed by atoms with Crippen molar-refractivity contribution in [3.05, 3.63) is 86.5 Å². The second kappa shape index (κ2) is 18.7. The van der Waals surface area contributed by atoms with E-state index in [2.05, 4.69) is 15.9 Å². The maximum atomic E-state index is 12.4. The van der Waals surface area contributed by atoms with Crippen molar-refractivity contribution in [2.45, 2.75) is 66.0 Å². The van der Waals surface area contributed by atoms with Crippen LogP contribution in [-0.4, -0.2) is 68.8 Å². The zero-order valence-electron chi connectivity index (χ0n) is 28.9. The molecule has 4 heterocycles. The number of carbonyl (C=O) groups is 6. The summed E-state index contributed by atoms with van der Waals surface area (Å²) in [4.78, 5) is 74.4. The van der Waals surface area contributed by atoms with Gasteiger partial charge in [-0.1, -0.05) is 15.9 Å². The van der Waals surface area contributed by atoms with Crippen molar-refractivity contribution in [3.63, 3.8) is 0 Å². The molecule has 0 bridgehead atoms. The van der Waals surface area contributed by atoms with Gasteiger partial charge in [-0.15, -0.1) is 45.3 Å². The summed E-state index contributed by atoms with van der Waals surface area (Å²) < 4.78 is 15.4. The Balaban J connectivity index is 0.000000289. The minimum Gasteiger partial charge on any atom is -0.870 e. The molecule has 0 unspecified atom stereocenters. The summed E-state index contributed by atoms with van der Waals surface area (Å²) in [6.07, 6.45) is 0. The van der Waals surface area contributed by atoms with E-state index in [-0.39, 0.29) is 94.9 Å². The average Bonchev–Trinajstić information content (AvgIpc) is 3.83. The Kier molecular flexibility index (Phi) is 16.5. The summed E-state index contributed by atoms with van der Waals surface area (Å²) >= 11 is 8.00. The van der Waals surface area contributed by atoms with Crippen molar-refractivity contribution >= 4 is 96.3 Å². The molecule has 2 aliphatic rings. The van der Waals surface area contributed by atoms with Gasteiger partial charge in [-0.05, 0) is 76.6 Å². The predicted molar refractivity (Wildman–Crippen MR) is 194 cm³/mol. The van der Waals surface area contributed by atoms with Crippen LogP contribution in [-0.2, 0) is 37.0 Å². The van der Waals surface area contributed by atoms with Crippen LogP contribution in [0.5, 0.6) is 0 Å². The van der Waals surface area contributed by atoms with Gasteiger partial charge in [0.2, 0.25) is 11.6 Å². The van der Waals surface area contributed by atoms with E-state index in [4.69, 9.17) is 19.3 Å². The standard InChI is InChI=1S/C17H16O5S2.C11H6O3S2.C6H11BrO2.Na.H2O/c1-17(2,3)22-12(18)8-21-7-9-6-11-13(19)10-4-5-23-15(10)14(20)16(11)24-9;12-4-5-3-7-8(13)6-1-2-15-10(6)9(14)11(7)16-5;1-6(2,3)9-5(8)4-7;;/h4-6H,7-8H2,1-3H3;1-3,12H,4H2;4H2,1-3H3;;1H2/q;;;+1;/p-1. The molecule has 0 fully saturated rings. The third-order valence-corrected chi connectivity index (χ3v) is 10.8. The number of halogens is 1. The number of fused-ring (bicyclic) bond motifs is 4. The minimum absolute atomic E-state index is 0. The van der Waals surface area contributed by atoms with E-state index >= 15 is 0 Å². The van der Waals surface area contributed by atoms with Crippen LogP contribution < -0.4 is 29.6 Å². The number of ketones is 4. The fourth-order valence-corrected chi connectivity index (χ4v) is 8.42. The fourth-order valence-electron chi connectivity index (χ4n) is 4.51. The summed E-state index contributed by atoms with van der Waals surface area (Å²) in [7, 11) is 0. The Morgan fingerprint density at radius 1 is 0.686 bits per heavy atom. The van der Waals surface area contributed by atoms with Gasteiger partial charge in [0.15, 0.2) is 11.6 Å². The van der Waals surface area contributed by atoms with Gasteiger partial charge in [0.1, 0.15) is 23.1 Å². The van der Waals surface area contributed by atoms with Crippen LogP contribution in [0, 0.1) is 0 Å². The molecule has 11 nitrogen and oxygen atoms in total. The molecule has 0 spiro atoms. The fraction of sp³-hybridized carbons (Fsp3) is 0.353. The van der Waals surface area contributed by atoms with E-state index in [1.807, 2.05) is 20.8 Å². The maximum absolute atomic E-state index is 12.4. The second-order valence-electron chi connectivity index (χ2n) is 12.5. The molecule has 2 aliphatic carbocycles. The first-order chi connectivity index (χ1) is 22.9. The zero-order chi connectivity index (χ0) is 36.3. The van der Waals surface area contributed by atoms with Gasteiger partial charge < -0.3 is 24.8 Å². The van der Waals surface area contributed by atoms with E-state index in [1.54, 1.807) is 55.8 Å². The molecule has 0 amide bonds. The van der Waals surface area contributed by atoms with Crippen molar-refractivity contribution in [3.8, 4) is 0 Å². The van der Waals surface area contributed by atoms with Crippen LogP contribution in [0.2, 0.25) is 0 Å². The van der Waals surface area contributed by atoms with Crippen LogP contribution >= 0.6 is 61.3 Å². The molecule has 6 rings (SSSR count). The van der Waals surface area contributed by atoms with Gasteiger partial charge in [-0.25, -0.2) is 4.79 Å². The van der Waals surface area contributed by atoms with Gasteiger partial charge in [0.05, 0.1) is 32.7 Å². The zero-order valence-corrected chi connectivity index (χ0v) is 35.7. The number of rotatable bonds is 6. The molecule has 0 atom stereocenters. The minimum atomic E-state index is -0.557. The van der Waals surface area contributed by atoms with Crippen LogP contribution in [0.4, 0.5) is 0 Å². The third kappa shape index (κ3) is 11.4. The number of alkyl halides is 1. The molecule has 0 aromatic carbocycles. The molecule has 51 heavy (non-hydrogen) atoms. The van der Waals surface area contributed by atoms with Gasteiger partial charge in [-0.2, -0.15) is 0 Å². The number of hydrogen-bond acceptors (Lipinski definition) is 15. The Morgan fingerprint density at radius 2 is 1.12 bits per heavy atom. The summed E-state index contributed by atoms with van der Waals surface area (Å²) in [6.45, 7) is 10.7. The summed E-state index contributed by atoms with van der Waals surface area (Å²) in [5.41, 5.74) is 0.905. The predicted octanol–water partition coefficient (Wildman–Crippen LogP) is 4.07. The molecule has 268 valence electrons. The molecule has 17 heteroatoms. The molecule has 0 saturated heterocycles. The van der Waals surface area contributed by atoms with E-state index < -0.39 is 11.6 Å². The molecular weight excluding hydrogens is 816 g/mol. The van der Waals surface area contributed by atoms with Gasteiger partial charge in [0, 0.05) is 32.0 Å². The normalized spacial score (nSPS) is 12.7.